The Hall–Kier alpha value is -1.89. The number of carbonyl (C=O) groups is 1. The first-order valence-corrected chi connectivity index (χ1v) is 9.21. The number of hydrogen-bond donors (Lipinski definition) is 1. The lowest BCUT2D eigenvalue weighted by atomic mass is 9.95. The number of benzene rings is 1. The summed E-state index contributed by atoms with van der Waals surface area (Å²) in [6.45, 7) is 8.97. The summed E-state index contributed by atoms with van der Waals surface area (Å²) in [7, 11) is 0. The number of carbonyl (C=O) groups excluding carboxylic acids is 1. The molecule has 1 aliphatic rings. The number of aryl methyl sites for hydroxylation is 1. The van der Waals surface area contributed by atoms with Crippen molar-refractivity contribution in [2.45, 2.75) is 45.8 Å². The molecule has 0 unspecified atom stereocenters. The molecule has 2 heterocycles. The van der Waals surface area contributed by atoms with E-state index in [0.717, 1.165) is 31.0 Å². The Morgan fingerprint density at radius 3 is 2.63 bits per heavy atom. The molecule has 3 rings (SSSR count). The molecule has 1 aromatic heterocycles. The van der Waals surface area contributed by atoms with Crippen LogP contribution in [0.1, 0.15) is 35.4 Å². The number of hydrogen-bond acceptors (Lipinski definition) is 5. The molecule has 1 fully saturated rings. The van der Waals surface area contributed by atoms with Crippen molar-refractivity contribution in [1.29, 1.82) is 0 Å². The monoisotopic (exact) mass is 392 g/mol. The van der Waals surface area contributed by atoms with Gasteiger partial charge in [-0.25, -0.2) is 0 Å². The topological polar surface area (TPSA) is 73.4 Å². The van der Waals surface area contributed by atoms with Crippen molar-refractivity contribution < 1.29 is 9.53 Å². The van der Waals surface area contributed by atoms with Crippen molar-refractivity contribution in [3.05, 3.63) is 52.8 Å². The van der Waals surface area contributed by atoms with Gasteiger partial charge in [-0.2, -0.15) is 5.10 Å². The summed E-state index contributed by atoms with van der Waals surface area (Å²) in [5, 5.41) is 4.53. The van der Waals surface area contributed by atoms with Gasteiger partial charge in [-0.05, 0) is 26.3 Å². The van der Waals surface area contributed by atoms with Crippen LogP contribution >= 0.6 is 12.4 Å². The first-order valence-electron chi connectivity index (χ1n) is 9.21. The number of likely N-dealkylation sites (tertiary alicyclic amines) is 1. The number of nitrogens with zero attached hydrogens (tertiary/aromatic N) is 3. The molecule has 2 atom stereocenters. The number of ether oxygens (including phenoxy) is 1. The van der Waals surface area contributed by atoms with E-state index in [1.807, 2.05) is 26.8 Å². The van der Waals surface area contributed by atoms with Crippen LogP contribution in [0.4, 0.5) is 0 Å². The van der Waals surface area contributed by atoms with Crippen molar-refractivity contribution in [2.24, 2.45) is 5.73 Å². The quantitative estimate of drug-likeness (QED) is 0.764. The molecule has 0 bridgehead atoms. The highest BCUT2D eigenvalue weighted by Gasteiger charge is 2.32. The standard InChI is InChI=1S/C20H28N4O2.ClH/c1-4-26-20(25)13-24-15(3)17(14(2)22-24)10-23-11-18(19(21)12-23)16-8-6-5-7-9-16;/h5-9,18-19H,4,10-13,21H2,1-3H3;1H/t18-,19+;/m0./s1. The van der Waals surface area contributed by atoms with Gasteiger partial charge in [0.25, 0.3) is 0 Å². The molecule has 1 aliphatic heterocycles. The van der Waals surface area contributed by atoms with Crippen molar-refractivity contribution in [3.63, 3.8) is 0 Å². The third kappa shape index (κ3) is 4.89. The van der Waals surface area contributed by atoms with E-state index in [2.05, 4.69) is 34.3 Å². The van der Waals surface area contributed by atoms with Crippen LogP contribution in [0.25, 0.3) is 0 Å². The fourth-order valence-corrected chi connectivity index (χ4v) is 3.76. The molecule has 0 radical (unpaired) electrons. The fourth-order valence-electron chi connectivity index (χ4n) is 3.76. The van der Waals surface area contributed by atoms with Gasteiger partial charge < -0.3 is 10.5 Å². The van der Waals surface area contributed by atoms with Crippen LogP contribution in [0.15, 0.2) is 30.3 Å². The second-order valence-corrected chi connectivity index (χ2v) is 6.99. The van der Waals surface area contributed by atoms with Gasteiger partial charge in [-0.1, -0.05) is 30.3 Å². The van der Waals surface area contributed by atoms with Gasteiger partial charge in [0.1, 0.15) is 6.54 Å². The summed E-state index contributed by atoms with van der Waals surface area (Å²) in [6, 6.07) is 10.6. The highest BCUT2D eigenvalue weighted by atomic mass is 35.5. The van der Waals surface area contributed by atoms with Crippen LogP contribution in [0, 0.1) is 13.8 Å². The van der Waals surface area contributed by atoms with Crippen LogP contribution in [-0.4, -0.2) is 46.4 Å². The smallest absolute Gasteiger partial charge is 0.327 e. The molecule has 27 heavy (non-hydrogen) atoms. The van der Waals surface area contributed by atoms with Gasteiger partial charge in [0.15, 0.2) is 0 Å². The number of esters is 1. The zero-order valence-corrected chi connectivity index (χ0v) is 17.0. The zero-order chi connectivity index (χ0) is 18.7. The first kappa shape index (κ1) is 21.4. The van der Waals surface area contributed by atoms with Gasteiger partial charge in [0, 0.05) is 42.9 Å². The Balaban J connectivity index is 0.00000261. The molecule has 7 heteroatoms. The Morgan fingerprint density at radius 1 is 1.26 bits per heavy atom. The van der Waals surface area contributed by atoms with E-state index >= 15 is 0 Å². The maximum absolute atomic E-state index is 11.8. The van der Waals surface area contributed by atoms with Crippen molar-refractivity contribution in [2.75, 3.05) is 19.7 Å². The van der Waals surface area contributed by atoms with E-state index in [0.29, 0.717) is 12.5 Å². The van der Waals surface area contributed by atoms with E-state index in [1.165, 1.54) is 11.1 Å². The van der Waals surface area contributed by atoms with E-state index in [1.54, 1.807) is 4.68 Å². The first-order chi connectivity index (χ1) is 12.5. The summed E-state index contributed by atoms with van der Waals surface area (Å²) >= 11 is 0. The SMILES string of the molecule is CCOC(=O)Cn1nc(C)c(CN2C[C@@H](N)[C@H](c3ccccc3)C2)c1C.Cl. The molecule has 0 saturated carbocycles. The van der Waals surface area contributed by atoms with Crippen LogP contribution in [0.5, 0.6) is 0 Å². The number of nitrogens with two attached hydrogens (primary N) is 1. The second kappa shape index (κ2) is 9.35. The van der Waals surface area contributed by atoms with Gasteiger partial charge >= 0.3 is 5.97 Å². The Bertz CT molecular complexity index is 763. The lowest BCUT2D eigenvalue weighted by Crippen LogP contribution is -2.28. The molecule has 148 valence electrons. The maximum atomic E-state index is 11.8. The minimum Gasteiger partial charge on any atom is -0.465 e. The third-order valence-corrected chi connectivity index (χ3v) is 5.17. The zero-order valence-electron chi connectivity index (χ0n) is 16.2. The normalized spacial score (nSPS) is 19.7. The Kier molecular flexibility index (Phi) is 7.41. The molecule has 0 aliphatic carbocycles. The summed E-state index contributed by atoms with van der Waals surface area (Å²) in [6.07, 6.45) is 0. The molecule has 1 saturated heterocycles. The molecule has 0 amide bonds. The lowest BCUT2D eigenvalue weighted by Gasteiger charge is -2.16. The van der Waals surface area contributed by atoms with E-state index in [4.69, 9.17) is 10.5 Å². The molecule has 1 aromatic carbocycles. The molecule has 2 N–H and O–H groups in total. The highest BCUT2D eigenvalue weighted by molar-refractivity contribution is 5.85. The highest BCUT2D eigenvalue weighted by Crippen LogP contribution is 2.28. The van der Waals surface area contributed by atoms with Gasteiger partial charge in [0.2, 0.25) is 0 Å². The average Bonchev–Trinajstić information content (AvgIpc) is 3.11. The van der Waals surface area contributed by atoms with E-state index in [9.17, 15) is 4.79 Å². The summed E-state index contributed by atoms with van der Waals surface area (Å²) in [5.74, 6) is 0.100. The maximum Gasteiger partial charge on any atom is 0.327 e. The molecule has 6 nitrogen and oxygen atoms in total. The predicted octanol–water partition coefficient (Wildman–Crippen LogP) is 2.41. The minimum atomic E-state index is -0.253. The Morgan fingerprint density at radius 2 is 1.96 bits per heavy atom. The lowest BCUT2D eigenvalue weighted by molar-refractivity contribution is -0.144. The molecule has 2 aromatic rings. The third-order valence-electron chi connectivity index (χ3n) is 5.17. The van der Waals surface area contributed by atoms with Crippen LogP contribution in [-0.2, 0) is 22.6 Å². The van der Waals surface area contributed by atoms with E-state index in [-0.39, 0.29) is 31.0 Å². The molecular formula is C20H29ClN4O2. The van der Waals surface area contributed by atoms with Gasteiger partial charge in [-0.3, -0.25) is 14.4 Å². The average molecular weight is 393 g/mol. The Labute approximate surface area is 167 Å². The van der Waals surface area contributed by atoms with Gasteiger partial charge in [-0.15, -0.1) is 12.4 Å². The predicted molar refractivity (Wildman–Crippen MR) is 108 cm³/mol. The van der Waals surface area contributed by atoms with Gasteiger partial charge in [0.05, 0.1) is 12.3 Å². The van der Waals surface area contributed by atoms with Crippen molar-refractivity contribution in [1.82, 2.24) is 14.7 Å². The largest absolute Gasteiger partial charge is 0.465 e. The second-order valence-electron chi connectivity index (χ2n) is 6.99. The van der Waals surface area contributed by atoms with Crippen LogP contribution in [0.3, 0.4) is 0 Å². The fraction of sp³-hybridized carbons (Fsp3) is 0.500. The van der Waals surface area contributed by atoms with Crippen molar-refractivity contribution >= 4 is 18.4 Å². The summed E-state index contributed by atoms with van der Waals surface area (Å²) in [5.41, 5.74) is 10.9. The van der Waals surface area contributed by atoms with E-state index < -0.39 is 0 Å². The number of rotatable bonds is 6. The summed E-state index contributed by atoms with van der Waals surface area (Å²) < 4.78 is 6.78. The summed E-state index contributed by atoms with van der Waals surface area (Å²) in [4.78, 5) is 14.1. The number of halogens is 1. The molecule has 0 spiro atoms. The number of aromatic nitrogens is 2. The minimum absolute atomic E-state index is 0. The van der Waals surface area contributed by atoms with Crippen LogP contribution < -0.4 is 5.73 Å². The van der Waals surface area contributed by atoms with Crippen LogP contribution in [0.2, 0.25) is 0 Å². The van der Waals surface area contributed by atoms with Crippen molar-refractivity contribution in [3.8, 4) is 0 Å². The molecular weight excluding hydrogens is 364 g/mol.